The number of fused-ring (bicyclic) bond motifs is 1. The van der Waals surface area contributed by atoms with E-state index in [9.17, 15) is 4.79 Å². The molecule has 2 heterocycles. The largest absolute Gasteiger partial charge is 0.497 e. The van der Waals surface area contributed by atoms with Gasteiger partial charge >= 0.3 is 6.03 Å². The summed E-state index contributed by atoms with van der Waals surface area (Å²) in [6, 6.07) is 5.55. The number of anilines is 1. The number of nitrogens with one attached hydrogen (secondary N) is 1. The maximum absolute atomic E-state index is 12.8. The monoisotopic (exact) mass is 348 g/mol. The number of benzene rings is 1. The van der Waals surface area contributed by atoms with Crippen molar-refractivity contribution in [1.82, 2.24) is 5.32 Å². The molecule has 1 N–H and O–H groups in total. The molecule has 1 aromatic carbocycles. The van der Waals surface area contributed by atoms with E-state index < -0.39 is 0 Å². The number of urea groups is 1. The Morgan fingerprint density at radius 3 is 3.04 bits per heavy atom. The highest BCUT2D eigenvalue weighted by atomic mass is 16.5. The molecule has 0 aliphatic carbocycles. The Morgan fingerprint density at radius 2 is 2.32 bits per heavy atom. The molecule has 6 heteroatoms. The van der Waals surface area contributed by atoms with Crippen LogP contribution in [0.5, 0.6) is 11.5 Å². The van der Waals surface area contributed by atoms with Crippen molar-refractivity contribution in [2.75, 3.05) is 25.2 Å². The number of hydrogen-bond acceptors (Lipinski definition) is 4. The molecule has 3 atom stereocenters. The summed E-state index contributed by atoms with van der Waals surface area (Å²) in [7, 11) is 1.62. The number of carbonyl (C=O) groups excluding carboxylic acids is 1. The Bertz CT molecular complexity index is 601. The van der Waals surface area contributed by atoms with Crippen LogP contribution in [0.15, 0.2) is 18.2 Å². The van der Waals surface area contributed by atoms with E-state index in [0.717, 1.165) is 38.0 Å². The van der Waals surface area contributed by atoms with Crippen LogP contribution in [0.1, 0.15) is 39.5 Å². The lowest BCUT2D eigenvalue weighted by Crippen LogP contribution is -2.49. The van der Waals surface area contributed by atoms with Gasteiger partial charge in [-0.05, 0) is 51.7 Å². The average Bonchev–Trinajstić information content (AvgIpc) is 3.12. The third-order valence-electron chi connectivity index (χ3n) is 4.79. The highest BCUT2D eigenvalue weighted by molar-refractivity contribution is 5.94. The third-order valence-corrected chi connectivity index (χ3v) is 4.79. The minimum Gasteiger partial charge on any atom is -0.497 e. The number of ether oxygens (including phenoxy) is 3. The fourth-order valence-corrected chi connectivity index (χ4v) is 3.41. The van der Waals surface area contributed by atoms with Crippen LogP contribution in [0.25, 0.3) is 0 Å². The summed E-state index contributed by atoms with van der Waals surface area (Å²) in [4.78, 5) is 14.5. The molecule has 2 amide bonds. The van der Waals surface area contributed by atoms with Gasteiger partial charge < -0.3 is 19.5 Å². The first-order valence-electron chi connectivity index (χ1n) is 9.11. The smallest absolute Gasteiger partial charge is 0.322 e. The highest BCUT2D eigenvalue weighted by Crippen LogP contribution is 2.36. The summed E-state index contributed by atoms with van der Waals surface area (Å²) in [5, 5.41) is 3.11. The van der Waals surface area contributed by atoms with Crippen LogP contribution in [0.2, 0.25) is 0 Å². The second kappa shape index (κ2) is 7.95. The SMILES string of the molecule is COc1ccc2c(c1)N(C(=O)N[C@H](C)CC[C@H]1CCCO1)C[C@@H](C)O2. The van der Waals surface area contributed by atoms with Crippen LogP contribution >= 0.6 is 0 Å². The van der Waals surface area contributed by atoms with Crippen molar-refractivity contribution in [2.24, 2.45) is 0 Å². The maximum atomic E-state index is 12.8. The van der Waals surface area contributed by atoms with E-state index in [4.69, 9.17) is 14.2 Å². The molecule has 0 aromatic heterocycles. The van der Waals surface area contributed by atoms with Gasteiger partial charge in [0.25, 0.3) is 0 Å². The van der Waals surface area contributed by atoms with Crippen molar-refractivity contribution in [2.45, 2.75) is 57.8 Å². The van der Waals surface area contributed by atoms with Crippen molar-refractivity contribution in [3.05, 3.63) is 18.2 Å². The number of amides is 2. The molecule has 1 aromatic rings. The molecule has 2 aliphatic rings. The molecule has 3 rings (SSSR count). The molecule has 138 valence electrons. The number of rotatable bonds is 5. The van der Waals surface area contributed by atoms with Crippen molar-refractivity contribution in [1.29, 1.82) is 0 Å². The molecule has 0 saturated carbocycles. The fourth-order valence-electron chi connectivity index (χ4n) is 3.41. The topological polar surface area (TPSA) is 60.0 Å². The van der Waals surface area contributed by atoms with Crippen molar-refractivity contribution < 1.29 is 19.0 Å². The molecule has 0 spiro atoms. The maximum Gasteiger partial charge on any atom is 0.322 e. The Morgan fingerprint density at radius 1 is 1.48 bits per heavy atom. The third kappa shape index (κ3) is 4.37. The van der Waals surface area contributed by atoms with Crippen LogP contribution in [0.3, 0.4) is 0 Å². The van der Waals surface area contributed by atoms with E-state index in [1.807, 2.05) is 32.0 Å². The summed E-state index contributed by atoms with van der Waals surface area (Å²) in [5.74, 6) is 1.42. The lowest BCUT2D eigenvalue weighted by atomic mass is 10.1. The van der Waals surface area contributed by atoms with Gasteiger partial charge in [-0.15, -0.1) is 0 Å². The van der Waals surface area contributed by atoms with Crippen molar-refractivity contribution in [3.63, 3.8) is 0 Å². The molecule has 25 heavy (non-hydrogen) atoms. The molecule has 0 unspecified atom stereocenters. The first-order chi connectivity index (χ1) is 12.1. The summed E-state index contributed by atoms with van der Waals surface area (Å²) in [5.41, 5.74) is 0.751. The van der Waals surface area contributed by atoms with Crippen molar-refractivity contribution in [3.8, 4) is 11.5 Å². The van der Waals surface area contributed by atoms with E-state index in [0.29, 0.717) is 24.1 Å². The standard InChI is InChI=1S/C19H28N2O4/c1-13(6-7-15-5-4-10-24-15)20-19(22)21-12-14(2)25-18-9-8-16(23-3)11-17(18)21/h8-9,11,13-15H,4-7,10,12H2,1-3H3,(H,20,22)/t13-,14-,15-/m1/s1. The zero-order valence-electron chi connectivity index (χ0n) is 15.3. The van der Waals surface area contributed by atoms with Gasteiger partial charge in [0.1, 0.15) is 17.6 Å². The summed E-state index contributed by atoms with van der Waals surface area (Å²) in [6.07, 6.45) is 4.50. The van der Waals surface area contributed by atoms with E-state index in [1.165, 1.54) is 0 Å². The van der Waals surface area contributed by atoms with Crippen LogP contribution in [-0.4, -0.2) is 44.5 Å². The first-order valence-corrected chi connectivity index (χ1v) is 9.11. The van der Waals surface area contributed by atoms with Gasteiger partial charge in [-0.25, -0.2) is 4.79 Å². The predicted molar refractivity (Wildman–Crippen MR) is 96.6 cm³/mol. The summed E-state index contributed by atoms with van der Waals surface area (Å²) < 4.78 is 16.8. The normalized spacial score (nSPS) is 23.6. The molecule has 1 saturated heterocycles. The molecule has 0 radical (unpaired) electrons. The van der Waals surface area contributed by atoms with Gasteiger partial charge in [0.05, 0.1) is 25.4 Å². The first kappa shape index (κ1) is 17.9. The lowest BCUT2D eigenvalue weighted by molar-refractivity contribution is 0.100. The highest BCUT2D eigenvalue weighted by Gasteiger charge is 2.29. The Kier molecular flexibility index (Phi) is 5.68. The molecule has 0 bridgehead atoms. The quantitative estimate of drug-likeness (QED) is 0.887. The van der Waals surface area contributed by atoms with Crippen LogP contribution in [-0.2, 0) is 4.74 Å². The molecule has 2 aliphatic heterocycles. The zero-order valence-corrected chi connectivity index (χ0v) is 15.3. The van der Waals surface area contributed by atoms with Gasteiger partial charge in [-0.1, -0.05) is 0 Å². The minimum absolute atomic E-state index is 0.0474. The lowest BCUT2D eigenvalue weighted by Gasteiger charge is -2.34. The number of methoxy groups -OCH3 is 1. The molecular formula is C19H28N2O4. The second-order valence-corrected chi connectivity index (χ2v) is 6.94. The van der Waals surface area contributed by atoms with Gasteiger partial charge in [-0.2, -0.15) is 0 Å². The zero-order chi connectivity index (χ0) is 17.8. The predicted octanol–water partition coefficient (Wildman–Crippen LogP) is 3.34. The van der Waals surface area contributed by atoms with Crippen LogP contribution < -0.4 is 19.7 Å². The van der Waals surface area contributed by atoms with Gasteiger partial charge in [-0.3, -0.25) is 4.90 Å². The second-order valence-electron chi connectivity index (χ2n) is 6.94. The Hall–Kier alpha value is -1.95. The minimum atomic E-state index is -0.0931. The van der Waals surface area contributed by atoms with E-state index in [1.54, 1.807) is 12.0 Å². The van der Waals surface area contributed by atoms with E-state index >= 15 is 0 Å². The number of carbonyl (C=O) groups is 1. The van der Waals surface area contributed by atoms with Gasteiger partial charge in [0.15, 0.2) is 0 Å². The van der Waals surface area contributed by atoms with E-state index in [-0.39, 0.29) is 18.2 Å². The van der Waals surface area contributed by atoms with Gasteiger partial charge in [0.2, 0.25) is 0 Å². The fraction of sp³-hybridized carbons (Fsp3) is 0.632. The number of hydrogen-bond donors (Lipinski definition) is 1. The molecule has 6 nitrogen and oxygen atoms in total. The Balaban J connectivity index is 1.63. The van der Waals surface area contributed by atoms with E-state index in [2.05, 4.69) is 5.32 Å². The van der Waals surface area contributed by atoms with Crippen LogP contribution in [0, 0.1) is 0 Å². The van der Waals surface area contributed by atoms with Crippen molar-refractivity contribution >= 4 is 11.7 Å². The van der Waals surface area contributed by atoms with Crippen LogP contribution in [0.4, 0.5) is 10.5 Å². The number of nitrogens with zero attached hydrogens (tertiary/aromatic N) is 1. The van der Waals surface area contributed by atoms with Gasteiger partial charge in [0, 0.05) is 18.7 Å². The summed E-state index contributed by atoms with van der Waals surface area (Å²) >= 11 is 0. The Labute approximate surface area is 149 Å². The molecule has 1 fully saturated rings. The molecular weight excluding hydrogens is 320 g/mol. The average molecular weight is 348 g/mol. The summed E-state index contributed by atoms with van der Waals surface area (Å²) in [6.45, 7) is 5.40.